The average molecular weight is 341 g/mol. The number of hydrogen-bond donors (Lipinski definition) is 1. The standard InChI is InChI=1S/C15H19NO6S/c1-10-9-11(6-7-12(10)15(19)22-2)23(20,21)16-8-4-3-5-13(16)14(17)18/h6-7,9,13H,3-5,8H2,1-2H3,(H,17,18). The molecule has 1 aliphatic heterocycles. The highest BCUT2D eigenvalue weighted by Crippen LogP contribution is 2.27. The third-order valence-electron chi connectivity index (χ3n) is 3.95. The predicted octanol–water partition coefficient (Wildman–Crippen LogP) is 1.41. The summed E-state index contributed by atoms with van der Waals surface area (Å²) < 4.78 is 31.2. The maximum atomic E-state index is 12.8. The van der Waals surface area contributed by atoms with Crippen LogP contribution in [-0.2, 0) is 19.6 Å². The van der Waals surface area contributed by atoms with E-state index in [0.717, 1.165) is 4.31 Å². The van der Waals surface area contributed by atoms with Crippen LogP contribution in [0, 0.1) is 6.92 Å². The Morgan fingerprint density at radius 2 is 2.00 bits per heavy atom. The number of carboxylic acid groups (broad SMARTS) is 1. The zero-order chi connectivity index (χ0) is 17.2. The first-order chi connectivity index (χ1) is 10.8. The number of esters is 1. The van der Waals surface area contributed by atoms with Crippen LogP contribution in [-0.4, -0.2) is 49.5 Å². The van der Waals surface area contributed by atoms with E-state index >= 15 is 0 Å². The molecular formula is C15H19NO6S. The zero-order valence-corrected chi connectivity index (χ0v) is 13.8. The summed E-state index contributed by atoms with van der Waals surface area (Å²) >= 11 is 0. The SMILES string of the molecule is COC(=O)c1ccc(S(=O)(=O)N2CCCCC2C(=O)O)cc1C. The topological polar surface area (TPSA) is 101 Å². The van der Waals surface area contributed by atoms with Gasteiger partial charge in [0.25, 0.3) is 0 Å². The van der Waals surface area contributed by atoms with Crippen LogP contribution in [0.2, 0.25) is 0 Å². The Labute approximate surface area is 134 Å². The van der Waals surface area contributed by atoms with E-state index in [0.29, 0.717) is 24.8 Å². The summed E-state index contributed by atoms with van der Waals surface area (Å²) in [5.74, 6) is -1.69. The second kappa shape index (κ2) is 6.67. The minimum absolute atomic E-state index is 0.0178. The van der Waals surface area contributed by atoms with Crippen molar-refractivity contribution in [2.24, 2.45) is 0 Å². The van der Waals surface area contributed by atoms with E-state index in [1.54, 1.807) is 6.92 Å². The number of carbonyl (C=O) groups is 2. The maximum absolute atomic E-state index is 12.8. The molecule has 1 aromatic carbocycles. The van der Waals surface area contributed by atoms with Crippen LogP contribution in [0.5, 0.6) is 0 Å². The largest absolute Gasteiger partial charge is 0.480 e. The molecule has 1 aliphatic rings. The Hall–Kier alpha value is -1.93. The Balaban J connectivity index is 2.41. The highest BCUT2D eigenvalue weighted by Gasteiger charge is 2.37. The van der Waals surface area contributed by atoms with Gasteiger partial charge in [0.15, 0.2) is 0 Å². The summed E-state index contributed by atoms with van der Waals surface area (Å²) in [5.41, 5.74) is 0.738. The van der Waals surface area contributed by atoms with Crippen LogP contribution in [0.3, 0.4) is 0 Å². The number of rotatable bonds is 4. The van der Waals surface area contributed by atoms with Crippen LogP contribution in [0.4, 0.5) is 0 Å². The van der Waals surface area contributed by atoms with E-state index in [1.165, 1.54) is 25.3 Å². The van der Waals surface area contributed by atoms with Crippen LogP contribution in [0.1, 0.15) is 35.2 Å². The fraction of sp³-hybridized carbons (Fsp3) is 0.467. The Morgan fingerprint density at radius 1 is 1.30 bits per heavy atom. The van der Waals surface area contributed by atoms with Crippen molar-refractivity contribution in [2.45, 2.75) is 37.1 Å². The molecule has 8 heteroatoms. The van der Waals surface area contributed by atoms with Crippen molar-refractivity contribution in [1.29, 1.82) is 0 Å². The van der Waals surface area contributed by atoms with Crippen molar-refractivity contribution < 1.29 is 27.9 Å². The van der Waals surface area contributed by atoms with Crippen molar-refractivity contribution in [1.82, 2.24) is 4.31 Å². The summed E-state index contributed by atoms with van der Waals surface area (Å²) in [7, 11) is -2.68. The molecule has 1 heterocycles. The number of aliphatic carboxylic acids is 1. The van der Waals surface area contributed by atoms with Gasteiger partial charge in [0.05, 0.1) is 17.6 Å². The molecule has 126 valence electrons. The fourth-order valence-electron chi connectivity index (χ4n) is 2.71. The predicted molar refractivity (Wildman–Crippen MR) is 81.7 cm³/mol. The summed E-state index contributed by atoms with van der Waals surface area (Å²) in [6.07, 6.45) is 1.61. The molecule has 2 rings (SSSR count). The molecule has 0 amide bonds. The number of piperidine rings is 1. The van der Waals surface area contributed by atoms with Crippen molar-refractivity contribution in [3.63, 3.8) is 0 Å². The molecule has 1 unspecified atom stereocenters. The van der Waals surface area contributed by atoms with Gasteiger partial charge in [-0.2, -0.15) is 4.31 Å². The number of benzene rings is 1. The van der Waals surface area contributed by atoms with Gasteiger partial charge in [-0.1, -0.05) is 0 Å². The van der Waals surface area contributed by atoms with Gasteiger partial charge in [-0.25, -0.2) is 13.2 Å². The molecule has 0 aliphatic carbocycles. The lowest BCUT2D eigenvalue weighted by Gasteiger charge is -2.32. The zero-order valence-electron chi connectivity index (χ0n) is 13.0. The van der Waals surface area contributed by atoms with Gasteiger partial charge in [-0.15, -0.1) is 0 Å². The van der Waals surface area contributed by atoms with E-state index in [-0.39, 0.29) is 17.0 Å². The van der Waals surface area contributed by atoms with Gasteiger partial charge in [0, 0.05) is 6.54 Å². The molecule has 0 radical (unpaired) electrons. The lowest BCUT2D eigenvalue weighted by atomic mass is 10.1. The molecule has 7 nitrogen and oxygen atoms in total. The quantitative estimate of drug-likeness (QED) is 0.831. The Kier molecular flexibility index (Phi) is 5.06. The van der Waals surface area contributed by atoms with Crippen LogP contribution >= 0.6 is 0 Å². The third kappa shape index (κ3) is 3.37. The first-order valence-electron chi connectivity index (χ1n) is 7.22. The first kappa shape index (κ1) is 17.4. The summed E-state index contributed by atoms with van der Waals surface area (Å²) in [4.78, 5) is 22.9. The number of hydrogen-bond acceptors (Lipinski definition) is 5. The molecule has 1 aromatic rings. The number of ether oxygens (including phenoxy) is 1. The maximum Gasteiger partial charge on any atom is 0.338 e. The van der Waals surface area contributed by atoms with Gasteiger partial charge >= 0.3 is 11.9 Å². The van der Waals surface area contributed by atoms with Gasteiger partial charge < -0.3 is 9.84 Å². The monoisotopic (exact) mass is 341 g/mol. The molecule has 1 saturated heterocycles. The number of carbonyl (C=O) groups excluding carboxylic acids is 1. The summed E-state index contributed by atoms with van der Waals surface area (Å²) in [6, 6.07) is 3.01. The second-order valence-electron chi connectivity index (χ2n) is 5.43. The van der Waals surface area contributed by atoms with E-state index in [2.05, 4.69) is 4.74 Å². The Morgan fingerprint density at radius 3 is 2.57 bits per heavy atom. The van der Waals surface area contributed by atoms with Crippen LogP contribution in [0.15, 0.2) is 23.1 Å². The molecule has 1 atom stereocenters. The molecule has 0 bridgehead atoms. The van der Waals surface area contributed by atoms with Gasteiger partial charge in [-0.05, 0) is 49.9 Å². The summed E-state index contributed by atoms with van der Waals surface area (Å²) in [6.45, 7) is 1.78. The minimum atomic E-state index is -3.93. The number of carboxylic acids is 1. The fourth-order valence-corrected chi connectivity index (χ4v) is 4.45. The Bertz CT molecular complexity index is 727. The van der Waals surface area contributed by atoms with E-state index in [4.69, 9.17) is 0 Å². The number of nitrogens with zero attached hydrogens (tertiary/aromatic N) is 1. The van der Waals surface area contributed by atoms with Gasteiger partial charge in [-0.3, -0.25) is 4.79 Å². The lowest BCUT2D eigenvalue weighted by Crippen LogP contribution is -2.47. The lowest BCUT2D eigenvalue weighted by molar-refractivity contribution is -0.142. The van der Waals surface area contributed by atoms with Crippen LogP contribution < -0.4 is 0 Å². The van der Waals surface area contributed by atoms with Gasteiger partial charge in [0.1, 0.15) is 6.04 Å². The van der Waals surface area contributed by atoms with E-state index in [1.807, 2.05) is 0 Å². The number of sulfonamides is 1. The molecule has 0 spiro atoms. The molecule has 0 saturated carbocycles. The van der Waals surface area contributed by atoms with Crippen LogP contribution in [0.25, 0.3) is 0 Å². The molecule has 1 fully saturated rings. The molecule has 1 N–H and O–H groups in total. The first-order valence-corrected chi connectivity index (χ1v) is 8.66. The number of aryl methyl sites for hydroxylation is 1. The second-order valence-corrected chi connectivity index (χ2v) is 7.32. The highest BCUT2D eigenvalue weighted by molar-refractivity contribution is 7.89. The van der Waals surface area contributed by atoms with Crippen molar-refractivity contribution in [3.05, 3.63) is 29.3 Å². The molecule has 0 aromatic heterocycles. The van der Waals surface area contributed by atoms with Gasteiger partial charge in [0.2, 0.25) is 10.0 Å². The smallest absolute Gasteiger partial charge is 0.338 e. The minimum Gasteiger partial charge on any atom is -0.480 e. The molecular weight excluding hydrogens is 322 g/mol. The normalized spacial score (nSPS) is 19.3. The van der Waals surface area contributed by atoms with Crippen molar-refractivity contribution in [2.75, 3.05) is 13.7 Å². The van der Waals surface area contributed by atoms with Crippen molar-refractivity contribution >= 4 is 22.0 Å². The summed E-state index contributed by atoms with van der Waals surface area (Å²) in [5, 5.41) is 9.26. The third-order valence-corrected chi connectivity index (χ3v) is 5.85. The average Bonchev–Trinajstić information content (AvgIpc) is 2.53. The number of methoxy groups -OCH3 is 1. The highest BCUT2D eigenvalue weighted by atomic mass is 32.2. The van der Waals surface area contributed by atoms with Crippen molar-refractivity contribution in [3.8, 4) is 0 Å². The van der Waals surface area contributed by atoms with E-state index in [9.17, 15) is 23.1 Å². The van der Waals surface area contributed by atoms with E-state index < -0.39 is 28.0 Å². The molecule has 23 heavy (non-hydrogen) atoms.